The van der Waals surface area contributed by atoms with Crippen LogP contribution in [0.4, 0.5) is 0 Å². The van der Waals surface area contributed by atoms with E-state index in [1.54, 1.807) is 10.7 Å². The third kappa shape index (κ3) is 3.11. The number of halogens is 2. The fourth-order valence-electron chi connectivity index (χ4n) is 1.98. The molecule has 1 amide bonds. The van der Waals surface area contributed by atoms with Gasteiger partial charge in [-0.15, -0.1) is 0 Å². The van der Waals surface area contributed by atoms with E-state index in [-0.39, 0.29) is 22.3 Å². The van der Waals surface area contributed by atoms with Crippen molar-refractivity contribution in [3.63, 3.8) is 0 Å². The number of carbonyl (C=O) groups is 1. The molecule has 0 aliphatic rings. The van der Waals surface area contributed by atoms with Crippen molar-refractivity contribution in [2.24, 2.45) is 7.05 Å². The van der Waals surface area contributed by atoms with E-state index in [0.29, 0.717) is 5.56 Å². The summed E-state index contributed by atoms with van der Waals surface area (Å²) in [4.78, 5) is 16.0. The molecule has 1 N–H and O–H groups in total. The van der Waals surface area contributed by atoms with Crippen LogP contribution >= 0.6 is 23.2 Å². The van der Waals surface area contributed by atoms with E-state index in [2.05, 4.69) is 15.4 Å². The second kappa shape index (κ2) is 5.81. The Bertz CT molecular complexity index is 654. The Morgan fingerprint density at radius 1 is 1.40 bits per heavy atom. The van der Waals surface area contributed by atoms with Gasteiger partial charge in [0.1, 0.15) is 10.3 Å². The molecule has 106 valence electrons. The number of aromatic nitrogens is 3. The molecule has 2 aromatic rings. The lowest BCUT2D eigenvalue weighted by Crippen LogP contribution is -2.27. The number of pyridine rings is 1. The first-order valence-corrected chi connectivity index (χ1v) is 6.77. The number of hydrogen-bond donors (Lipinski definition) is 1. The van der Waals surface area contributed by atoms with Crippen LogP contribution < -0.4 is 5.32 Å². The van der Waals surface area contributed by atoms with Crippen LogP contribution in [0.15, 0.2) is 18.3 Å². The molecule has 0 saturated heterocycles. The van der Waals surface area contributed by atoms with E-state index in [4.69, 9.17) is 23.2 Å². The standard InChI is InChI=1S/C13H14Cl2N4O/c1-7(10-6-19(3)18-8(10)2)16-13(20)9-4-5-11(14)17-12(9)15/h4-7H,1-3H3,(H,16,20). The Morgan fingerprint density at radius 2 is 2.10 bits per heavy atom. The molecule has 0 aromatic carbocycles. The summed E-state index contributed by atoms with van der Waals surface area (Å²) in [5, 5.41) is 7.46. The normalized spacial score (nSPS) is 12.2. The number of carbonyl (C=O) groups excluding carboxylic acids is 1. The van der Waals surface area contributed by atoms with Gasteiger partial charge >= 0.3 is 0 Å². The van der Waals surface area contributed by atoms with Crippen LogP contribution in [-0.2, 0) is 7.05 Å². The van der Waals surface area contributed by atoms with Gasteiger partial charge in [-0.1, -0.05) is 23.2 Å². The molecule has 0 saturated carbocycles. The smallest absolute Gasteiger partial charge is 0.254 e. The van der Waals surface area contributed by atoms with E-state index < -0.39 is 0 Å². The average Bonchev–Trinajstić information content (AvgIpc) is 2.68. The fraction of sp³-hybridized carbons (Fsp3) is 0.308. The van der Waals surface area contributed by atoms with Crippen LogP contribution in [0.1, 0.15) is 34.6 Å². The van der Waals surface area contributed by atoms with Crippen molar-refractivity contribution in [2.45, 2.75) is 19.9 Å². The van der Waals surface area contributed by atoms with Gasteiger partial charge in [0.05, 0.1) is 17.3 Å². The molecule has 2 heterocycles. The summed E-state index contributed by atoms with van der Waals surface area (Å²) in [6.07, 6.45) is 1.88. The van der Waals surface area contributed by atoms with E-state index in [1.165, 1.54) is 6.07 Å². The first-order chi connectivity index (χ1) is 9.38. The van der Waals surface area contributed by atoms with Crippen molar-refractivity contribution >= 4 is 29.1 Å². The highest BCUT2D eigenvalue weighted by molar-refractivity contribution is 6.34. The maximum Gasteiger partial charge on any atom is 0.254 e. The minimum Gasteiger partial charge on any atom is -0.345 e. The lowest BCUT2D eigenvalue weighted by atomic mass is 10.1. The molecule has 1 unspecified atom stereocenters. The molecule has 0 spiro atoms. The van der Waals surface area contributed by atoms with Crippen molar-refractivity contribution in [3.05, 3.63) is 45.5 Å². The van der Waals surface area contributed by atoms with Crippen molar-refractivity contribution in [1.82, 2.24) is 20.1 Å². The number of rotatable bonds is 3. The average molecular weight is 313 g/mol. The molecule has 1 atom stereocenters. The first kappa shape index (κ1) is 14.8. The summed E-state index contributed by atoms with van der Waals surface area (Å²) in [6.45, 7) is 3.79. The molecule has 0 aliphatic heterocycles. The number of aryl methyl sites for hydroxylation is 2. The van der Waals surface area contributed by atoms with Crippen molar-refractivity contribution in [1.29, 1.82) is 0 Å². The molecule has 0 bridgehead atoms. The zero-order chi connectivity index (χ0) is 14.9. The van der Waals surface area contributed by atoms with E-state index in [9.17, 15) is 4.79 Å². The van der Waals surface area contributed by atoms with Crippen LogP contribution in [-0.4, -0.2) is 20.7 Å². The van der Waals surface area contributed by atoms with Crippen LogP contribution in [0, 0.1) is 6.92 Å². The Labute approximate surface area is 126 Å². The summed E-state index contributed by atoms with van der Waals surface area (Å²) in [5.74, 6) is -0.296. The second-order valence-electron chi connectivity index (χ2n) is 4.51. The van der Waals surface area contributed by atoms with Gasteiger partial charge in [-0.2, -0.15) is 5.10 Å². The van der Waals surface area contributed by atoms with Crippen molar-refractivity contribution in [2.75, 3.05) is 0 Å². The fourth-order valence-corrected chi connectivity index (χ4v) is 2.41. The van der Waals surface area contributed by atoms with Gasteiger partial charge in [0.25, 0.3) is 5.91 Å². The summed E-state index contributed by atoms with van der Waals surface area (Å²) in [5.41, 5.74) is 2.13. The Balaban J connectivity index is 2.17. The third-order valence-electron chi connectivity index (χ3n) is 2.92. The molecule has 5 nitrogen and oxygen atoms in total. The topological polar surface area (TPSA) is 59.8 Å². The Hall–Kier alpha value is -1.59. The Morgan fingerprint density at radius 3 is 2.65 bits per heavy atom. The van der Waals surface area contributed by atoms with E-state index >= 15 is 0 Å². The van der Waals surface area contributed by atoms with Gasteiger partial charge in [0.2, 0.25) is 0 Å². The lowest BCUT2D eigenvalue weighted by Gasteiger charge is -2.13. The minimum absolute atomic E-state index is 0.0881. The molecule has 20 heavy (non-hydrogen) atoms. The molecule has 2 rings (SSSR count). The van der Waals surface area contributed by atoms with Gasteiger partial charge in [-0.05, 0) is 26.0 Å². The van der Waals surface area contributed by atoms with Crippen LogP contribution in [0.25, 0.3) is 0 Å². The minimum atomic E-state index is -0.296. The third-order valence-corrected chi connectivity index (χ3v) is 3.42. The van der Waals surface area contributed by atoms with Crippen LogP contribution in [0.2, 0.25) is 10.3 Å². The number of nitrogens with one attached hydrogen (secondary N) is 1. The van der Waals surface area contributed by atoms with E-state index in [1.807, 2.05) is 27.1 Å². The van der Waals surface area contributed by atoms with Crippen LogP contribution in [0.3, 0.4) is 0 Å². The largest absolute Gasteiger partial charge is 0.345 e. The maximum absolute atomic E-state index is 12.2. The first-order valence-electron chi connectivity index (χ1n) is 6.01. The second-order valence-corrected chi connectivity index (χ2v) is 5.26. The quantitative estimate of drug-likeness (QED) is 0.886. The highest BCUT2D eigenvalue weighted by Crippen LogP contribution is 2.19. The van der Waals surface area contributed by atoms with Crippen molar-refractivity contribution < 1.29 is 4.79 Å². The predicted octanol–water partition coefficient (Wildman–Crippen LogP) is 2.92. The highest BCUT2D eigenvalue weighted by atomic mass is 35.5. The monoisotopic (exact) mass is 312 g/mol. The van der Waals surface area contributed by atoms with Gasteiger partial charge in [-0.25, -0.2) is 4.98 Å². The summed E-state index contributed by atoms with van der Waals surface area (Å²) >= 11 is 11.6. The Kier molecular flexibility index (Phi) is 4.30. The molecule has 0 radical (unpaired) electrons. The lowest BCUT2D eigenvalue weighted by molar-refractivity contribution is 0.0939. The summed E-state index contributed by atoms with van der Waals surface area (Å²) in [6, 6.07) is 2.90. The van der Waals surface area contributed by atoms with Crippen LogP contribution in [0.5, 0.6) is 0 Å². The highest BCUT2D eigenvalue weighted by Gasteiger charge is 2.17. The molecular weight excluding hydrogens is 299 g/mol. The zero-order valence-corrected chi connectivity index (χ0v) is 12.8. The molecule has 7 heteroatoms. The number of hydrogen-bond acceptors (Lipinski definition) is 3. The molecule has 0 aliphatic carbocycles. The van der Waals surface area contributed by atoms with Gasteiger partial charge in [-0.3, -0.25) is 9.48 Å². The molecular formula is C13H14Cl2N4O. The van der Waals surface area contributed by atoms with E-state index in [0.717, 1.165) is 11.3 Å². The maximum atomic E-state index is 12.2. The number of amides is 1. The molecule has 0 fully saturated rings. The zero-order valence-electron chi connectivity index (χ0n) is 11.3. The SMILES string of the molecule is Cc1nn(C)cc1C(C)NC(=O)c1ccc(Cl)nc1Cl. The van der Waals surface area contributed by atoms with Gasteiger partial charge < -0.3 is 5.32 Å². The van der Waals surface area contributed by atoms with Gasteiger partial charge in [0, 0.05) is 18.8 Å². The molecule has 2 aromatic heterocycles. The number of nitrogens with zero attached hydrogens (tertiary/aromatic N) is 3. The summed E-state index contributed by atoms with van der Waals surface area (Å²) < 4.78 is 1.71. The van der Waals surface area contributed by atoms with Crippen molar-refractivity contribution in [3.8, 4) is 0 Å². The van der Waals surface area contributed by atoms with Gasteiger partial charge in [0.15, 0.2) is 0 Å². The summed E-state index contributed by atoms with van der Waals surface area (Å²) in [7, 11) is 1.84. The predicted molar refractivity (Wildman–Crippen MR) is 78.1 cm³/mol.